The standard InChI is InChI=1S/C12H14N2O4S3/c1-7-5-20-10(12(15)16)11(7)21(17,18)13-4-3-9-14-8(2)6-19-9/h5-6,13H,3-4H2,1-2H3,(H,15,16). The number of nitrogens with zero attached hydrogens (tertiary/aromatic N) is 1. The monoisotopic (exact) mass is 346 g/mol. The number of hydrogen-bond donors (Lipinski definition) is 2. The Kier molecular flexibility index (Phi) is 4.77. The van der Waals surface area contributed by atoms with Gasteiger partial charge in [0.05, 0.1) is 5.01 Å². The highest BCUT2D eigenvalue weighted by Gasteiger charge is 2.26. The molecule has 0 aliphatic heterocycles. The van der Waals surface area contributed by atoms with Crippen LogP contribution in [0.15, 0.2) is 15.7 Å². The predicted octanol–water partition coefficient (Wildman–Crippen LogP) is 2.04. The molecule has 0 saturated carbocycles. The van der Waals surface area contributed by atoms with Gasteiger partial charge >= 0.3 is 5.97 Å². The highest BCUT2D eigenvalue weighted by Crippen LogP contribution is 2.26. The lowest BCUT2D eigenvalue weighted by Gasteiger charge is -2.06. The summed E-state index contributed by atoms with van der Waals surface area (Å²) in [5.74, 6) is -1.23. The van der Waals surface area contributed by atoms with Crippen LogP contribution in [0.1, 0.15) is 25.9 Å². The molecule has 0 bridgehead atoms. The number of aryl methyl sites for hydroxylation is 2. The molecular weight excluding hydrogens is 332 g/mol. The van der Waals surface area contributed by atoms with Crippen molar-refractivity contribution < 1.29 is 18.3 Å². The topological polar surface area (TPSA) is 96.4 Å². The summed E-state index contributed by atoms with van der Waals surface area (Å²) in [5, 5.41) is 13.3. The fraction of sp³-hybridized carbons (Fsp3) is 0.333. The molecule has 0 unspecified atom stereocenters. The normalized spacial score (nSPS) is 11.7. The van der Waals surface area contributed by atoms with E-state index in [1.54, 1.807) is 6.92 Å². The van der Waals surface area contributed by atoms with Crippen LogP contribution in [0.2, 0.25) is 0 Å². The van der Waals surface area contributed by atoms with Gasteiger partial charge < -0.3 is 5.11 Å². The van der Waals surface area contributed by atoms with E-state index in [1.807, 2.05) is 12.3 Å². The molecule has 0 aliphatic rings. The van der Waals surface area contributed by atoms with Gasteiger partial charge in [-0.3, -0.25) is 0 Å². The zero-order valence-corrected chi connectivity index (χ0v) is 13.9. The van der Waals surface area contributed by atoms with Crippen molar-refractivity contribution in [2.75, 3.05) is 6.54 Å². The Morgan fingerprint density at radius 2 is 2.05 bits per heavy atom. The number of carbonyl (C=O) groups is 1. The minimum atomic E-state index is -3.83. The van der Waals surface area contributed by atoms with Crippen molar-refractivity contribution in [2.45, 2.75) is 25.2 Å². The second-order valence-electron chi connectivity index (χ2n) is 4.41. The van der Waals surface area contributed by atoms with Crippen LogP contribution in [0, 0.1) is 13.8 Å². The summed E-state index contributed by atoms with van der Waals surface area (Å²) in [6.07, 6.45) is 0.476. The molecule has 6 nitrogen and oxygen atoms in total. The van der Waals surface area contributed by atoms with Crippen LogP contribution in [-0.4, -0.2) is 31.0 Å². The second kappa shape index (κ2) is 6.22. The molecule has 2 aromatic rings. The molecule has 0 amide bonds. The van der Waals surface area contributed by atoms with Crippen molar-refractivity contribution in [3.05, 3.63) is 31.9 Å². The number of thiophene rings is 1. The second-order valence-corrected chi connectivity index (χ2v) is 7.94. The third-order valence-corrected chi connectivity index (χ3v) is 6.57. The molecular formula is C12H14N2O4S3. The molecule has 2 heterocycles. The van der Waals surface area contributed by atoms with E-state index in [2.05, 4.69) is 9.71 Å². The van der Waals surface area contributed by atoms with Crippen molar-refractivity contribution in [1.82, 2.24) is 9.71 Å². The van der Waals surface area contributed by atoms with Crippen molar-refractivity contribution in [1.29, 1.82) is 0 Å². The van der Waals surface area contributed by atoms with Crippen LogP contribution < -0.4 is 4.72 Å². The highest BCUT2D eigenvalue weighted by atomic mass is 32.2. The lowest BCUT2D eigenvalue weighted by atomic mass is 10.3. The van der Waals surface area contributed by atoms with Crippen LogP contribution >= 0.6 is 22.7 Å². The van der Waals surface area contributed by atoms with E-state index in [9.17, 15) is 13.2 Å². The number of carboxylic acids is 1. The van der Waals surface area contributed by atoms with E-state index in [-0.39, 0.29) is 16.3 Å². The first-order valence-electron chi connectivity index (χ1n) is 6.03. The Hall–Kier alpha value is -1.29. The Morgan fingerprint density at radius 1 is 1.33 bits per heavy atom. The summed E-state index contributed by atoms with van der Waals surface area (Å²) < 4.78 is 26.9. The first-order valence-corrected chi connectivity index (χ1v) is 9.27. The highest BCUT2D eigenvalue weighted by molar-refractivity contribution is 7.89. The van der Waals surface area contributed by atoms with Gasteiger partial charge in [-0.2, -0.15) is 0 Å². The number of carboxylic acid groups (broad SMARTS) is 1. The van der Waals surface area contributed by atoms with Gasteiger partial charge in [0.2, 0.25) is 10.0 Å². The molecule has 2 aromatic heterocycles. The Balaban J connectivity index is 2.12. The number of rotatable bonds is 6. The summed E-state index contributed by atoms with van der Waals surface area (Å²) in [6, 6.07) is 0. The fourth-order valence-electron chi connectivity index (χ4n) is 1.80. The predicted molar refractivity (Wildman–Crippen MR) is 81.8 cm³/mol. The molecule has 9 heteroatoms. The molecule has 21 heavy (non-hydrogen) atoms. The molecule has 0 saturated heterocycles. The summed E-state index contributed by atoms with van der Waals surface area (Å²) in [5.41, 5.74) is 1.34. The van der Waals surface area contributed by atoms with Gasteiger partial charge in [0.15, 0.2) is 0 Å². The zero-order chi connectivity index (χ0) is 15.6. The summed E-state index contributed by atoms with van der Waals surface area (Å²) in [6.45, 7) is 3.64. The van der Waals surface area contributed by atoms with Gasteiger partial charge in [0.25, 0.3) is 0 Å². The summed E-state index contributed by atoms with van der Waals surface area (Å²) >= 11 is 2.39. The number of aromatic carboxylic acids is 1. The Labute approximate surface area is 130 Å². The molecule has 0 radical (unpaired) electrons. The fourth-order valence-corrected chi connectivity index (χ4v) is 5.23. The van der Waals surface area contributed by atoms with Crippen molar-refractivity contribution in [2.24, 2.45) is 0 Å². The Morgan fingerprint density at radius 3 is 2.62 bits per heavy atom. The van der Waals surface area contributed by atoms with E-state index in [0.29, 0.717) is 12.0 Å². The number of hydrogen-bond acceptors (Lipinski definition) is 6. The molecule has 2 rings (SSSR count). The summed E-state index contributed by atoms with van der Waals surface area (Å²) in [4.78, 5) is 15.0. The molecule has 0 spiro atoms. The minimum absolute atomic E-state index is 0.143. The Bertz CT molecular complexity index is 761. The minimum Gasteiger partial charge on any atom is -0.477 e. The number of aromatic nitrogens is 1. The first kappa shape index (κ1) is 16.1. The zero-order valence-electron chi connectivity index (χ0n) is 11.4. The van der Waals surface area contributed by atoms with Gasteiger partial charge in [0, 0.05) is 24.0 Å². The first-order chi connectivity index (χ1) is 9.81. The van der Waals surface area contributed by atoms with E-state index in [1.165, 1.54) is 16.7 Å². The molecule has 0 aromatic carbocycles. The van der Waals surface area contributed by atoms with Gasteiger partial charge in [-0.25, -0.2) is 22.9 Å². The molecule has 114 valence electrons. The van der Waals surface area contributed by atoms with Gasteiger partial charge in [0.1, 0.15) is 9.77 Å². The van der Waals surface area contributed by atoms with Gasteiger partial charge in [-0.15, -0.1) is 22.7 Å². The lowest BCUT2D eigenvalue weighted by Crippen LogP contribution is -2.27. The maximum atomic E-state index is 12.3. The van der Waals surface area contributed by atoms with Crippen LogP contribution in [0.5, 0.6) is 0 Å². The number of sulfonamides is 1. The van der Waals surface area contributed by atoms with E-state index >= 15 is 0 Å². The summed E-state index contributed by atoms with van der Waals surface area (Å²) in [7, 11) is -3.83. The van der Waals surface area contributed by atoms with Crippen LogP contribution in [0.4, 0.5) is 0 Å². The van der Waals surface area contributed by atoms with Gasteiger partial charge in [-0.1, -0.05) is 0 Å². The maximum absolute atomic E-state index is 12.3. The van der Waals surface area contributed by atoms with Crippen LogP contribution in [-0.2, 0) is 16.4 Å². The largest absolute Gasteiger partial charge is 0.477 e. The van der Waals surface area contributed by atoms with Crippen LogP contribution in [0.25, 0.3) is 0 Å². The SMILES string of the molecule is Cc1csc(CCNS(=O)(=O)c2c(C)csc2C(=O)O)n1. The number of nitrogens with one attached hydrogen (secondary N) is 1. The molecule has 2 N–H and O–H groups in total. The van der Waals surface area contributed by atoms with Crippen LogP contribution in [0.3, 0.4) is 0 Å². The lowest BCUT2D eigenvalue weighted by molar-refractivity contribution is 0.0698. The van der Waals surface area contributed by atoms with E-state index in [4.69, 9.17) is 5.11 Å². The quantitative estimate of drug-likeness (QED) is 0.834. The molecule has 0 fully saturated rings. The van der Waals surface area contributed by atoms with Gasteiger partial charge in [-0.05, 0) is 24.8 Å². The molecule has 0 atom stereocenters. The molecule has 0 aliphatic carbocycles. The smallest absolute Gasteiger partial charge is 0.347 e. The van der Waals surface area contributed by atoms with E-state index < -0.39 is 16.0 Å². The maximum Gasteiger partial charge on any atom is 0.347 e. The number of thiazole rings is 1. The third-order valence-electron chi connectivity index (χ3n) is 2.68. The van der Waals surface area contributed by atoms with Crippen molar-refractivity contribution in [3.8, 4) is 0 Å². The average molecular weight is 346 g/mol. The van der Waals surface area contributed by atoms with Crippen molar-refractivity contribution >= 4 is 38.7 Å². The van der Waals surface area contributed by atoms with E-state index in [0.717, 1.165) is 22.0 Å². The average Bonchev–Trinajstić information content (AvgIpc) is 2.95. The van der Waals surface area contributed by atoms with Crippen molar-refractivity contribution in [3.63, 3.8) is 0 Å². The third kappa shape index (κ3) is 3.67.